The molecule has 2 saturated carbocycles. The molecule has 4 nitrogen and oxygen atoms in total. The van der Waals surface area contributed by atoms with Gasteiger partial charge in [-0.3, -0.25) is 4.79 Å². The number of ketones is 1. The van der Waals surface area contributed by atoms with Gasteiger partial charge in [0.1, 0.15) is 11.6 Å². The van der Waals surface area contributed by atoms with E-state index < -0.39 is 0 Å². The Hall–Kier alpha value is -2.23. The number of benzene rings is 1. The third kappa shape index (κ3) is 4.11. The van der Waals surface area contributed by atoms with Gasteiger partial charge in [0, 0.05) is 30.5 Å². The molecule has 0 aliphatic heterocycles. The number of aryl methyl sites for hydroxylation is 3. The van der Waals surface area contributed by atoms with Crippen LogP contribution in [-0.2, 0) is 11.2 Å². The van der Waals surface area contributed by atoms with Crippen molar-refractivity contribution in [1.29, 1.82) is 0 Å². The van der Waals surface area contributed by atoms with Gasteiger partial charge in [0.25, 0.3) is 0 Å². The maximum absolute atomic E-state index is 11.6. The van der Waals surface area contributed by atoms with Crippen LogP contribution in [0.2, 0.25) is 0 Å². The maximum atomic E-state index is 11.6. The second-order valence-electron chi connectivity index (χ2n) is 8.46. The van der Waals surface area contributed by atoms with Crippen LogP contribution in [0, 0.1) is 19.8 Å². The van der Waals surface area contributed by atoms with Gasteiger partial charge < -0.3 is 4.74 Å². The normalized spacial score (nSPS) is 22.3. The quantitative estimate of drug-likeness (QED) is 0.704. The molecule has 28 heavy (non-hydrogen) atoms. The van der Waals surface area contributed by atoms with Crippen molar-refractivity contribution in [2.45, 2.75) is 71.1 Å². The van der Waals surface area contributed by atoms with Crippen molar-refractivity contribution < 1.29 is 9.53 Å². The van der Waals surface area contributed by atoms with Crippen molar-refractivity contribution in [2.75, 3.05) is 6.61 Å². The number of Topliss-reactive ketones (excluding diaryl/α,β-unsaturated/α-hetero) is 1. The molecule has 2 unspecified atom stereocenters. The van der Waals surface area contributed by atoms with Gasteiger partial charge in [0.2, 0.25) is 5.88 Å². The van der Waals surface area contributed by atoms with Crippen LogP contribution in [0.5, 0.6) is 5.88 Å². The van der Waals surface area contributed by atoms with Crippen LogP contribution < -0.4 is 4.74 Å². The molecule has 2 aliphatic rings. The second-order valence-corrected chi connectivity index (χ2v) is 8.46. The summed E-state index contributed by atoms with van der Waals surface area (Å²) in [6, 6.07) is 6.85. The van der Waals surface area contributed by atoms with E-state index in [0.717, 1.165) is 36.5 Å². The maximum Gasteiger partial charge on any atom is 0.220 e. The number of carbonyl (C=O) groups excluding carboxylic acids is 1. The minimum absolute atomic E-state index is 0.340. The predicted octanol–water partition coefficient (Wildman–Crippen LogP) is 5.07. The summed E-state index contributed by atoms with van der Waals surface area (Å²) in [4.78, 5) is 20.6. The molecule has 1 aromatic heterocycles. The van der Waals surface area contributed by atoms with Gasteiger partial charge in [-0.25, -0.2) is 4.98 Å². The fourth-order valence-corrected chi connectivity index (χ4v) is 4.51. The Balaban J connectivity index is 1.43. The molecule has 0 N–H and O–H groups in total. The highest BCUT2D eigenvalue weighted by atomic mass is 16.5. The lowest BCUT2D eigenvalue weighted by Gasteiger charge is -2.22. The van der Waals surface area contributed by atoms with E-state index in [1.54, 1.807) is 0 Å². The molecule has 148 valence electrons. The highest BCUT2D eigenvalue weighted by Crippen LogP contribution is 2.49. The number of hydrogen-bond acceptors (Lipinski definition) is 4. The van der Waals surface area contributed by atoms with E-state index in [4.69, 9.17) is 4.74 Å². The lowest BCUT2D eigenvalue weighted by Crippen LogP contribution is -2.15. The molecule has 0 radical (unpaired) electrons. The lowest BCUT2D eigenvalue weighted by atomic mass is 9.84. The highest BCUT2D eigenvalue weighted by molar-refractivity contribution is 5.79. The van der Waals surface area contributed by atoms with Crippen LogP contribution in [0.3, 0.4) is 0 Å². The van der Waals surface area contributed by atoms with Gasteiger partial charge in [-0.15, -0.1) is 0 Å². The van der Waals surface area contributed by atoms with Crippen molar-refractivity contribution >= 4 is 5.78 Å². The van der Waals surface area contributed by atoms with Crippen molar-refractivity contribution in [3.8, 4) is 5.88 Å². The average molecular weight is 379 g/mol. The first-order chi connectivity index (χ1) is 13.5. The molecule has 1 aromatic carbocycles. The predicted molar refractivity (Wildman–Crippen MR) is 110 cm³/mol. The summed E-state index contributed by atoms with van der Waals surface area (Å²) in [5.74, 6) is 3.35. The Morgan fingerprint density at radius 3 is 2.68 bits per heavy atom. The van der Waals surface area contributed by atoms with Gasteiger partial charge in [-0.2, -0.15) is 4.98 Å². The van der Waals surface area contributed by atoms with E-state index in [1.807, 2.05) is 13.1 Å². The molecule has 2 fully saturated rings. The van der Waals surface area contributed by atoms with Crippen molar-refractivity contribution in [3.63, 3.8) is 0 Å². The van der Waals surface area contributed by atoms with Gasteiger partial charge in [-0.05, 0) is 62.5 Å². The summed E-state index contributed by atoms with van der Waals surface area (Å²) < 4.78 is 6.23. The molecular weight excluding hydrogens is 348 g/mol. The fourth-order valence-electron chi connectivity index (χ4n) is 4.51. The Morgan fingerprint density at radius 2 is 1.93 bits per heavy atom. The molecular formula is C24H30N2O2. The first kappa shape index (κ1) is 19.1. The monoisotopic (exact) mass is 378 g/mol. The first-order valence-electron chi connectivity index (χ1n) is 10.6. The Morgan fingerprint density at radius 1 is 1.14 bits per heavy atom. The SMILES string of the molecule is CCc1cc(C)ccc1C1CC1COc1nc(C)ncc1C1CCC(=O)CC1. The molecule has 0 amide bonds. The Labute approximate surface area is 167 Å². The van der Waals surface area contributed by atoms with Gasteiger partial charge in [0.05, 0.1) is 6.61 Å². The van der Waals surface area contributed by atoms with Crippen LogP contribution in [0.1, 0.15) is 78.9 Å². The number of hydrogen-bond donors (Lipinski definition) is 0. The molecule has 2 aromatic rings. The summed E-state index contributed by atoms with van der Waals surface area (Å²) in [5, 5.41) is 0. The molecule has 2 aliphatic carbocycles. The van der Waals surface area contributed by atoms with E-state index >= 15 is 0 Å². The second kappa shape index (κ2) is 8.02. The zero-order chi connectivity index (χ0) is 19.7. The molecule has 4 heteroatoms. The van der Waals surface area contributed by atoms with E-state index in [2.05, 4.69) is 42.0 Å². The molecule has 0 spiro atoms. The summed E-state index contributed by atoms with van der Waals surface area (Å²) in [7, 11) is 0. The number of nitrogens with zero attached hydrogens (tertiary/aromatic N) is 2. The summed E-state index contributed by atoms with van der Waals surface area (Å²) >= 11 is 0. The molecule has 0 saturated heterocycles. The molecule has 0 bridgehead atoms. The molecule has 1 heterocycles. The average Bonchev–Trinajstić information content (AvgIpc) is 3.46. The van der Waals surface area contributed by atoms with Crippen molar-refractivity contribution in [2.24, 2.45) is 5.92 Å². The standard InChI is InChI=1S/C24H30N2O2/c1-4-17-11-15(2)5-10-21(17)22-12-19(22)14-28-24-23(13-25-16(3)26-24)18-6-8-20(27)9-7-18/h5,10-11,13,18-19,22H,4,6-9,12,14H2,1-3H3. The van der Waals surface area contributed by atoms with E-state index in [0.29, 0.717) is 43.0 Å². The lowest BCUT2D eigenvalue weighted by molar-refractivity contribution is -0.120. The van der Waals surface area contributed by atoms with E-state index in [-0.39, 0.29) is 0 Å². The number of rotatable bonds is 6. The zero-order valence-electron chi connectivity index (χ0n) is 17.2. The summed E-state index contributed by atoms with van der Waals surface area (Å²) in [5.41, 5.74) is 5.38. The number of carbonyl (C=O) groups is 1. The van der Waals surface area contributed by atoms with Crippen molar-refractivity contribution in [3.05, 3.63) is 52.5 Å². The molecule has 4 rings (SSSR count). The first-order valence-corrected chi connectivity index (χ1v) is 10.6. The fraction of sp³-hybridized carbons (Fsp3) is 0.542. The minimum Gasteiger partial charge on any atom is -0.477 e. The topological polar surface area (TPSA) is 52.1 Å². The van der Waals surface area contributed by atoms with Gasteiger partial charge in [0.15, 0.2) is 0 Å². The van der Waals surface area contributed by atoms with Crippen LogP contribution in [0.15, 0.2) is 24.4 Å². The third-order valence-corrected chi connectivity index (χ3v) is 6.32. The molecule has 2 atom stereocenters. The Bertz CT molecular complexity index is 867. The number of aromatic nitrogens is 2. The summed E-state index contributed by atoms with van der Waals surface area (Å²) in [6.07, 6.45) is 7.28. The highest BCUT2D eigenvalue weighted by Gasteiger charge is 2.40. The largest absolute Gasteiger partial charge is 0.477 e. The van der Waals surface area contributed by atoms with Crippen LogP contribution >= 0.6 is 0 Å². The number of ether oxygens (including phenoxy) is 1. The van der Waals surface area contributed by atoms with Crippen LogP contribution in [0.4, 0.5) is 0 Å². The summed E-state index contributed by atoms with van der Waals surface area (Å²) in [6.45, 7) is 7.00. The zero-order valence-corrected chi connectivity index (χ0v) is 17.2. The van der Waals surface area contributed by atoms with Gasteiger partial charge >= 0.3 is 0 Å². The van der Waals surface area contributed by atoms with Crippen LogP contribution in [0.25, 0.3) is 0 Å². The third-order valence-electron chi connectivity index (χ3n) is 6.32. The van der Waals surface area contributed by atoms with Crippen LogP contribution in [-0.4, -0.2) is 22.4 Å². The minimum atomic E-state index is 0.340. The van der Waals surface area contributed by atoms with Gasteiger partial charge in [-0.1, -0.05) is 30.7 Å². The smallest absolute Gasteiger partial charge is 0.220 e. The Kier molecular flexibility index (Phi) is 5.47. The van der Waals surface area contributed by atoms with E-state index in [9.17, 15) is 4.79 Å². The van der Waals surface area contributed by atoms with E-state index in [1.165, 1.54) is 23.1 Å². The van der Waals surface area contributed by atoms with Crippen molar-refractivity contribution in [1.82, 2.24) is 9.97 Å².